The van der Waals surface area contributed by atoms with Crippen LogP contribution < -0.4 is 5.56 Å². The summed E-state index contributed by atoms with van der Waals surface area (Å²) in [7, 11) is 0. The highest BCUT2D eigenvalue weighted by Crippen LogP contribution is 1.81. The summed E-state index contributed by atoms with van der Waals surface area (Å²) < 4.78 is 0. The van der Waals surface area contributed by atoms with Crippen molar-refractivity contribution < 1.29 is 4.79 Å². The van der Waals surface area contributed by atoms with Crippen molar-refractivity contribution in [2.75, 3.05) is 0 Å². The number of H-pyrrole nitrogens is 1. The zero-order valence-corrected chi connectivity index (χ0v) is 4.63. The van der Waals surface area contributed by atoms with Gasteiger partial charge >= 0.3 is 0 Å². The molecule has 0 amide bonds. The Morgan fingerprint density at radius 2 is 2.22 bits per heavy atom. The van der Waals surface area contributed by atoms with Crippen LogP contribution in [0.2, 0.25) is 0 Å². The highest BCUT2D eigenvalue weighted by molar-refractivity contribution is 5.71. The molecule has 1 rings (SSSR count). The van der Waals surface area contributed by atoms with Crippen LogP contribution in [-0.2, 0) is 0 Å². The van der Waals surface area contributed by atoms with Crippen LogP contribution in [0, 0.1) is 0 Å². The van der Waals surface area contributed by atoms with Gasteiger partial charge in [0.15, 0.2) is 6.29 Å². The zero-order chi connectivity index (χ0) is 6.69. The van der Waals surface area contributed by atoms with E-state index < -0.39 is 0 Å². The molecule has 0 fully saturated rings. The first kappa shape index (κ1) is 5.75. The third-order valence-corrected chi connectivity index (χ3v) is 0.918. The lowest BCUT2D eigenvalue weighted by Gasteiger charge is -1.84. The molecule has 1 heterocycles. The van der Waals surface area contributed by atoms with Gasteiger partial charge in [-0.3, -0.25) is 9.59 Å². The summed E-state index contributed by atoms with van der Waals surface area (Å²) in [6, 6.07) is 4.42. The molecule has 0 bridgehead atoms. The molecular weight excluding hydrogens is 118 g/mol. The lowest BCUT2D eigenvalue weighted by molar-refractivity contribution is 0.111. The Balaban J connectivity index is 3.23. The Morgan fingerprint density at radius 3 is 2.67 bits per heavy atom. The number of rotatable bonds is 1. The summed E-state index contributed by atoms with van der Waals surface area (Å²) in [6.45, 7) is 0. The number of hydrogen-bond donors (Lipinski definition) is 1. The van der Waals surface area contributed by atoms with Crippen molar-refractivity contribution in [3.05, 3.63) is 34.2 Å². The summed E-state index contributed by atoms with van der Waals surface area (Å²) >= 11 is 0. The van der Waals surface area contributed by atoms with E-state index in [1.807, 2.05) is 0 Å². The number of aldehydes is 1. The first-order valence-electron chi connectivity index (χ1n) is 2.47. The van der Waals surface area contributed by atoms with Gasteiger partial charge in [-0.25, -0.2) is 0 Å². The van der Waals surface area contributed by atoms with Crippen LogP contribution in [0.5, 0.6) is 0 Å². The van der Waals surface area contributed by atoms with Crippen LogP contribution in [0.15, 0.2) is 23.0 Å². The monoisotopic (exact) mass is 123 g/mol. The van der Waals surface area contributed by atoms with E-state index in [1.54, 1.807) is 0 Å². The predicted octanol–water partition coefficient (Wildman–Crippen LogP) is 0.187. The van der Waals surface area contributed by atoms with Crippen molar-refractivity contribution in [3.8, 4) is 0 Å². The van der Waals surface area contributed by atoms with Crippen molar-refractivity contribution >= 4 is 6.29 Å². The molecule has 1 aromatic rings. The largest absolute Gasteiger partial charge is 0.320 e. The first-order valence-corrected chi connectivity index (χ1v) is 2.47. The molecule has 0 aliphatic rings. The molecule has 0 aliphatic heterocycles. The minimum atomic E-state index is -0.250. The van der Waals surface area contributed by atoms with Crippen LogP contribution in [0.25, 0.3) is 0 Å². The molecule has 1 aromatic heterocycles. The highest BCUT2D eigenvalue weighted by atomic mass is 16.1. The standard InChI is InChI=1S/C6H5NO2/c8-4-5-2-1-3-6(9)7-5/h1-4H,(H,7,9). The number of aromatic nitrogens is 1. The molecule has 3 nitrogen and oxygen atoms in total. The maximum Gasteiger partial charge on any atom is 0.248 e. The molecule has 0 unspecified atom stereocenters. The quantitative estimate of drug-likeness (QED) is 0.542. The second kappa shape index (κ2) is 2.26. The Bertz CT molecular complexity index is 264. The lowest BCUT2D eigenvalue weighted by Crippen LogP contribution is -2.04. The Morgan fingerprint density at radius 1 is 1.44 bits per heavy atom. The number of nitrogens with one attached hydrogen (secondary N) is 1. The fourth-order valence-electron chi connectivity index (χ4n) is 0.534. The molecule has 0 aliphatic carbocycles. The van der Waals surface area contributed by atoms with Crippen molar-refractivity contribution in [2.24, 2.45) is 0 Å². The summed E-state index contributed by atoms with van der Waals surface area (Å²) in [6.07, 6.45) is 0.599. The van der Waals surface area contributed by atoms with Gasteiger partial charge < -0.3 is 4.98 Å². The molecule has 0 radical (unpaired) electrons. The van der Waals surface area contributed by atoms with E-state index in [9.17, 15) is 9.59 Å². The third-order valence-electron chi connectivity index (χ3n) is 0.918. The van der Waals surface area contributed by atoms with Gasteiger partial charge in [0.1, 0.15) is 0 Å². The second-order valence-corrected chi connectivity index (χ2v) is 1.59. The SMILES string of the molecule is O=Cc1cccc(=O)[nH]1. The maximum atomic E-state index is 10.4. The van der Waals surface area contributed by atoms with E-state index >= 15 is 0 Å². The average Bonchev–Trinajstić information content (AvgIpc) is 1.88. The van der Waals surface area contributed by atoms with E-state index in [-0.39, 0.29) is 5.56 Å². The molecule has 1 N–H and O–H groups in total. The van der Waals surface area contributed by atoms with Gasteiger partial charge in [0.05, 0.1) is 5.69 Å². The van der Waals surface area contributed by atoms with E-state index in [2.05, 4.69) is 4.98 Å². The molecule has 0 saturated carbocycles. The molecule has 9 heavy (non-hydrogen) atoms. The fourth-order valence-corrected chi connectivity index (χ4v) is 0.534. The molecule has 3 heteroatoms. The van der Waals surface area contributed by atoms with Gasteiger partial charge in [-0.2, -0.15) is 0 Å². The van der Waals surface area contributed by atoms with Crippen molar-refractivity contribution in [2.45, 2.75) is 0 Å². The first-order chi connectivity index (χ1) is 4.33. The van der Waals surface area contributed by atoms with Crippen molar-refractivity contribution in [1.29, 1.82) is 0 Å². The third kappa shape index (κ3) is 1.25. The predicted molar refractivity (Wildman–Crippen MR) is 32.5 cm³/mol. The van der Waals surface area contributed by atoms with E-state index in [4.69, 9.17) is 0 Å². The van der Waals surface area contributed by atoms with Gasteiger partial charge in [0.25, 0.3) is 0 Å². The Hall–Kier alpha value is -1.38. The molecule has 0 spiro atoms. The highest BCUT2D eigenvalue weighted by Gasteiger charge is 1.85. The Kier molecular flexibility index (Phi) is 1.44. The van der Waals surface area contributed by atoms with E-state index in [0.717, 1.165) is 0 Å². The van der Waals surface area contributed by atoms with Crippen molar-refractivity contribution in [3.63, 3.8) is 0 Å². The van der Waals surface area contributed by atoms with Gasteiger partial charge in [-0.15, -0.1) is 0 Å². The summed E-state index contributed by atoms with van der Waals surface area (Å²) in [5, 5.41) is 0. The van der Waals surface area contributed by atoms with E-state index in [0.29, 0.717) is 12.0 Å². The number of pyridine rings is 1. The van der Waals surface area contributed by atoms with Crippen LogP contribution >= 0.6 is 0 Å². The van der Waals surface area contributed by atoms with Gasteiger partial charge in [0, 0.05) is 6.07 Å². The van der Waals surface area contributed by atoms with E-state index in [1.165, 1.54) is 18.2 Å². The molecular formula is C6H5NO2. The summed E-state index contributed by atoms with van der Waals surface area (Å²) in [5.74, 6) is 0. The summed E-state index contributed by atoms with van der Waals surface area (Å²) in [5.41, 5.74) is 0.0575. The van der Waals surface area contributed by atoms with Crippen molar-refractivity contribution in [1.82, 2.24) is 4.98 Å². The minimum absolute atomic E-state index is 0.250. The average molecular weight is 123 g/mol. The van der Waals surface area contributed by atoms with Crippen LogP contribution in [-0.4, -0.2) is 11.3 Å². The smallest absolute Gasteiger partial charge is 0.248 e. The van der Waals surface area contributed by atoms with Crippen LogP contribution in [0.4, 0.5) is 0 Å². The normalized spacial score (nSPS) is 8.89. The zero-order valence-electron chi connectivity index (χ0n) is 4.63. The Labute approximate surface area is 51.3 Å². The van der Waals surface area contributed by atoms with Gasteiger partial charge in [0.2, 0.25) is 5.56 Å². The molecule has 46 valence electrons. The molecule has 0 saturated heterocycles. The van der Waals surface area contributed by atoms with Gasteiger partial charge in [-0.1, -0.05) is 6.07 Å². The summed E-state index contributed by atoms with van der Waals surface area (Å²) in [4.78, 5) is 22.8. The topological polar surface area (TPSA) is 49.9 Å². The number of carbonyl (C=O) groups is 1. The second-order valence-electron chi connectivity index (χ2n) is 1.59. The number of carbonyl (C=O) groups excluding carboxylic acids is 1. The maximum absolute atomic E-state index is 10.4. The lowest BCUT2D eigenvalue weighted by atomic mass is 10.4. The van der Waals surface area contributed by atoms with Crippen LogP contribution in [0.3, 0.4) is 0 Å². The number of aromatic amines is 1. The number of hydrogen-bond acceptors (Lipinski definition) is 2. The van der Waals surface area contributed by atoms with Gasteiger partial charge in [-0.05, 0) is 6.07 Å². The molecule has 0 atom stereocenters. The minimum Gasteiger partial charge on any atom is -0.320 e. The van der Waals surface area contributed by atoms with Crippen LogP contribution in [0.1, 0.15) is 10.5 Å². The fraction of sp³-hybridized carbons (Fsp3) is 0. The molecule has 0 aromatic carbocycles.